The Labute approximate surface area is 101 Å². The van der Waals surface area contributed by atoms with Crippen LogP contribution in [-0.2, 0) is 5.41 Å². The van der Waals surface area contributed by atoms with Gasteiger partial charge in [-0.1, -0.05) is 20.8 Å². The van der Waals surface area contributed by atoms with Gasteiger partial charge in [-0.25, -0.2) is 0 Å². The number of methoxy groups -OCH3 is 1. The van der Waals surface area contributed by atoms with Gasteiger partial charge in [0.25, 0.3) is 0 Å². The van der Waals surface area contributed by atoms with Gasteiger partial charge in [-0.3, -0.25) is 0 Å². The van der Waals surface area contributed by atoms with Gasteiger partial charge in [-0.2, -0.15) is 5.26 Å². The van der Waals surface area contributed by atoms with Crippen LogP contribution in [0.25, 0.3) is 10.9 Å². The van der Waals surface area contributed by atoms with Crippen molar-refractivity contribution in [1.82, 2.24) is 4.98 Å². The van der Waals surface area contributed by atoms with E-state index in [2.05, 4.69) is 31.8 Å². The Morgan fingerprint density at radius 3 is 2.53 bits per heavy atom. The topological polar surface area (TPSA) is 48.8 Å². The minimum Gasteiger partial charge on any atom is -0.497 e. The number of rotatable bonds is 1. The van der Waals surface area contributed by atoms with Gasteiger partial charge < -0.3 is 9.72 Å². The first-order chi connectivity index (χ1) is 7.97. The lowest BCUT2D eigenvalue weighted by Crippen LogP contribution is -2.13. The van der Waals surface area contributed by atoms with Crippen LogP contribution in [0.3, 0.4) is 0 Å². The first kappa shape index (κ1) is 11.5. The van der Waals surface area contributed by atoms with Crippen LogP contribution < -0.4 is 4.74 Å². The lowest BCUT2D eigenvalue weighted by Gasteiger charge is -2.16. The molecule has 1 aromatic carbocycles. The van der Waals surface area contributed by atoms with E-state index in [1.165, 1.54) is 0 Å². The number of H-pyrrole nitrogens is 1. The largest absolute Gasteiger partial charge is 0.497 e. The molecule has 0 aliphatic heterocycles. The number of ether oxygens (including phenoxy) is 1. The minimum atomic E-state index is -0.0721. The maximum atomic E-state index is 9.32. The SMILES string of the molecule is COc1ccc2[nH]c(C(C)(C)C)c(C#N)c2c1. The second-order valence-electron chi connectivity index (χ2n) is 5.15. The van der Waals surface area contributed by atoms with Crippen molar-refractivity contribution in [2.45, 2.75) is 26.2 Å². The third kappa shape index (κ3) is 1.87. The van der Waals surface area contributed by atoms with E-state index in [9.17, 15) is 5.26 Å². The molecule has 17 heavy (non-hydrogen) atoms. The van der Waals surface area contributed by atoms with Crippen LogP contribution in [-0.4, -0.2) is 12.1 Å². The number of hydrogen-bond acceptors (Lipinski definition) is 2. The summed E-state index contributed by atoms with van der Waals surface area (Å²) in [5.41, 5.74) is 2.60. The van der Waals surface area contributed by atoms with Crippen molar-refractivity contribution in [3.63, 3.8) is 0 Å². The molecule has 0 radical (unpaired) electrons. The highest BCUT2D eigenvalue weighted by molar-refractivity contribution is 5.88. The Morgan fingerprint density at radius 1 is 1.29 bits per heavy atom. The smallest absolute Gasteiger partial charge is 0.119 e. The molecule has 0 atom stereocenters. The predicted molar refractivity (Wildman–Crippen MR) is 68.3 cm³/mol. The highest BCUT2D eigenvalue weighted by atomic mass is 16.5. The number of nitrogens with one attached hydrogen (secondary N) is 1. The lowest BCUT2D eigenvalue weighted by molar-refractivity contribution is 0.415. The van der Waals surface area contributed by atoms with E-state index in [0.29, 0.717) is 5.56 Å². The molecule has 3 nitrogen and oxygen atoms in total. The summed E-state index contributed by atoms with van der Waals surface area (Å²) in [6.45, 7) is 6.28. The van der Waals surface area contributed by atoms with Crippen molar-refractivity contribution in [3.8, 4) is 11.8 Å². The van der Waals surface area contributed by atoms with Crippen LogP contribution in [0.15, 0.2) is 18.2 Å². The van der Waals surface area contributed by atoms with Gasteiger partial charge >= 0.3 is 0 Å². The Bertz CT molecular complexity index is 597. The molecule has 2 aromatic rings. The lowest BCUT2D eigenvalue weighted by atomic mass is 9.89. The third-order valence-corrected chi connectivity index (χ3v) is 2.87. The number of fused-ring (bicyclic) bond motifs is 1. The molecule has 0 bridgehead atoms. The molecule has 3 heteroatoms. The molecule has 2 rings (SSSR count). The molecule has 1 heterocycles. The van der Waals surface area contributed by atoms with Crippen LogP contribution in [0.2, 0.25) is 0 Å². The van der Waals surface area contributed by atoms with E-state index in [-0.39, 0.29) is 5.41 Å². The van der Waals surface area contributed by atoms with E-state index in [0.717, 1.165) is 22.3 Å². The second kappa shape index (κ2) is 3.81. The fraction of sp³-hybridized carbons (Fsp3) is 0.357. The Kier molecular flexibility index (Phi) is 2.59. The standard InChI is InChI=1S/C14H16N2O/c1-14(2,3)13-11(8-15)10-7-9(17-4)5-6-12(10)16-13/h5-7,16H,1-4H3. The molecule has 88 valence electrons. The second-order valence-corrected chi connectivity index (χ2v) is 5.15. The number of benzene rings is 1. The zero-order chi connectivity index (χ0) is 12.6. The highest BCUT2D eigenvalue weighted by Gasteiger charge is 2.22. The fourth-order valence-corrected chi connectivity index (χ4v) is 1.98. The number of nitrogens with zero attached hydrogens (tertiary/aromatic N) is 1. The van der Waals surface area contributed by atoms with Gasteiger partial charge in [0, 0.05) is 22.0 Å². The number of aromatic amines is 1. The molecule has 0 fully saturated rings. The molecule has 0 amide bonds. The summed E-state index contributed by atoms with van der Waals surface area (Å²) in [5.74, 6) is 0.772. The number of hydrogen-bond donors (Lipinski definition) is 1. The zero-order valence-electron chi connectivity index (χ0n) is 10.6. The van der Waals surface area contributed by atoms with Gasteiger partial charge in [0.1, 0.15) is 11.8 Å². The van der Waals surface area contributed by atoms with Crippen LogP contribution in [0.5, 0.6) is 5.75 Å². The quantitative estimate of drug-likeness (QED) is 0.813. The van der Waals surface area contributed by atoms with E-state index in [1.54, 1.807) is 7.11 Å². The molecule has 0 aliphatic carbocycles. The summed E-state index contributed by atoms with van der Waals surface area (Å²) in [5, 5.41) is 10.2. The molecule has 0 spiro atoms. The predicted octanol–water partition coefficient (Wildman–Crippen LogP) is 3.35. The molecule has 0 saturated heterocycles. The van der Waals surface area contributed by atoms with Crippen molar-refractivity contribution in [2.75, 3.05) is 7.11 Å². The molecule has 0 aliphatic rings. The summed E-state index contributed by atoms with van der Waals surface area (Å²) >= 11 is 0. The summed E-state index contributed by atoms with van der Waals surface area (Å²) in [7, 11) is 1.63. The molecule has 0 unspecified atom stereocenters. The number of aromatic nitrogens is 1. The van der Waals surface area contributed by atoms with Crippen LogP contribution >= 0.6 is 0 Å². The van der Waals surface area contributed by atoms with Gasteiger partial charge in [0.15, 0.2) is 0 Å². The van der Waals surface area contributed by atoms with Crippen LogP contribution in [0, 0.1) is 11.3 Å². The molecule has 1 N–H and O–H groups in total. The Hall–Kier alpha value is -1.95. The summed E-state index contributed by atoms with van der Waals surface area (Å²) in [4.78, 5) is 3.33. The molecule has 1 aromatic heterocycles. The monoisotopic (exact) mass is 228 g/mol. The summed E-state index contributed by atoms with van der Waals surface area (Å²) < 4.78 is 5.19. The maximum absolute atomic E-state index is 9.32. The van der Waals surface area contributed by atoms with Gasteiger partial charge in [0.2, 0.25) is 0 Å². The summed E-state index contributed by atoms with van der Waals surface area (Å²) in [6, 6.07) is 8.04. The van der Waals surface area contributed by atoms with E-state index < -0.39 is 0 Å². The summed E-state index contributed by atoms with van der Waals surface area (Å²) in [6.07, 6.45) is 0. The van der Waals surface area contributed by atoms with E-state index >= 15 is 0 Å². The van der Waals surface area contributed by atoms with Gasteiger partial charge in [-0.05, 0) is 18.2 Å². The maximum Gasteiger partial charge on any atom is 0.119 e. The van der Waals surface area contributed by atoms with E-state index in [1.807, 2.05) is 18.2 Å². The minimum absolute atomic E-state index is 0.0721. The highest BCUT2D eigenvalue weighted by Crippen LogP contribution is 2.32. The first-order valence-corrected chi connectivity index (χ1v) is 5.57. The van der Waals surface area contributed by atoms with Crippen molar-refractivity contribution in [1.29, 1.82) is 5.26 Å². The fourth-order valence-electron chi connectivity index (χ4n) is 1.98. The van der Waals surface area contributed by atoms with Crippen molar-refractivity contribution in [3.05, 3.63) is 29.5 Å². The van der Waals surface area contributed by atoms with Crippen molar-refractivity contribution < 1.29 is 4.74 Å². The van der Waals surface area contributed by atoms with E-state index in [4.69, 9.17) is 4.74 Å². The van der Waals surface area contributed by atoms with Gasteiger partial charge in [0.05, 0.1) is 12.7 Å². The van der Waals surface area contributed by atoms with Crippen molar-refractivity contribution >= 4 is 10.9 Å². The zero-order valence-corrected chi connectivity index (χ0v) is 10.6. The average molecular weight is 228 g/mol. The number of nitriles is 1. The van der Waals surface area contributed by atoms with Crippen LogP contribution in [0.4, 0.5) is 0 Å². The molecular formula is C14H16N2O. The average Bonchev–Trinajstić information content (AvgIpc) is 2.65. The van der Waals surface area contributed by atoms with Crippen molar-refractivity contribution in [2.24, 2.45) is 0 Å². The van der Waals surface area contributed by atoms with Crippen LogP contribution in [0.1, 0.15) is 32.0 Å². The third-order valence-electron chi connectivity index (χ3n) is 2.87. The Balaban J connectivity index is 2.78. The Morgan fingerprint density at radius 2 is 2.00 bits per heavy atom. The molecular weight excluding hydrogens is 212 g/mol. The first-order valence-electron chi connectivity index (χ1n) is 5.57. The normalized spacial score (nSPS) is 11.5. The molecule has 0 saturated carbocycles. The van der Waals surface area contributed by atoms with Gasteiger partial charge in [-0.15, -0.1) is 0 Å².